The average molecular weight is 319 g/mol. The van der Waals surface area contributed by atoms with Gasteiger partial charge in [0.05, 0.1) is 10.6 Å². The van der Waals surface area contributed by atoms with Gasteiger partial charge in [0.15, 0.2) is 0 Å². The summed E-state index contributed by atoms with van der Waals surface area (Å²) < 4.78 is 0. The van der Waals surface area contributed by atoms with Crippen molar-refractivity contribution in [2.45, 2.75) is 13.5 Å². The zero-order valence-electron chi connectivity index (χ0n) is 11.5. The Balaban J connectivity index is 2.09. The molecule has 0 aliphatic carbocycles. The summed E-state index contributed by atoms with van der Waals surface area (Å²) in [5.41, 5.74) is 8.65. The molecule has 2 aromatic carbocycles. The van der Waals surface area contributed by atoms with Gasteiger partial charge in [0.1, 0.15) is 4.99 Å². The topological polar surface area (TPSA) is 55.1 Å². The summed E-state index contributed by atoms with van der Waals surface area (Å²) in [6.07, 6.45) is 0. The lowest BCUT2D eigenvalue weighted by atomic mass is 10.1. The minimum absolute atomic E-state index is 0.204. The smallest absolute Gasteiger partial charge is 0.253 e. The van der Waals surface area contributed by atoms with E-state index in [0.717, 1.165) is 16.7 Å². The van der Waals surface area contributed by atoms with Crippen molar-refractivity contribution in [3.8, 4) is 0 Å². The van der Waals surface area contributed by atoms with E-state index in [1.54, 1.807) is 6.07 Å². The van der Waals surface area contributed by atoms with E-state index in [9.17, 15) is 4.79 Å². The second kappa shape index (κ2) is 6.70. The summed E-state index contributed by atoms with van der Waals surface area (Å²) in [5, 5.41) is 3.32. The Labute approximate surface area is 134 Å². The monoisotopic (exact) mass is 318 g/mol. The van der Waals surface area contributed by atoms with Gasteiger partial charge in [-0.2, -0.15) is 0 Å². The molecule has 0 saturated carbocycles. The molecule has 0 unspecified atom stereocenters. The second-order valence-corrected chi connectivity index (χ2v) is 5.50. The molecule has 2 rings (SSSR count). The summed E-state index contributed by atoms with van der Waals surface area (Å²) in [7, 11) is 0. The van der Waals surface area contributed by atoms with Crippen LogP contribution in [0.15, 0.2) is 42.5 Å². The molecular formula is C16H15ClN2OS. The van der Waals surface area contributed by atoms with Crippen molar-refractivity contribution >= 4 is 34.7 Å². The van der Waals surface area contributed by atoms with Crippen molar-refractivity contribution in [3.63, 3.8) is 0 Å². The molecule has 0 heterocycles. The fourth-order valence-electron chi connectivity index (χ4n) is 1.93. The highest BCUT2D eigenvalue weighted by atomic mass is 35.5. The van der Waals surface area contributed by atoms with Crippen LogP contribution in [0, 0.1) is 6.92 Å². The van der Waals surface area contributed by atoms with E-state index in [1.807, 2.05) is 43.3 Å². The number of amides is 1. The minimum Gasteiger partial charge on any atom is -0.389 e. The molecule has 0 spiro atoms. The summed E-state index contributed by atoms with van der Waals surface area (Å²) in [5.74, 6) is -0.204. The van der Waals surface area contributed by atoms with Gasteiger partial charge in [0.2, 0.25) is 0 Å². The van der Waals surface area contributed by atoms with Gasteiger partial charge >= 0.3 is 0 Å². The lowest BCUT2D eigenvalue weighted by molar-refractivity contribution is 0.0951. The number of hydrogen-bond donors (Lipinski definition) is 2. The number of carbonyl (C=O) groups excluding carboxylic acids is 1. The molecule has 108 valence electrons. The Bertz CT molecular complexity index is 700. The average Bonchev–Trinajstić information content (AvgIpc) is 2.48. The van der Waals surface area contributed by atoms with E-state index in [2.05, 4.69) is 5.32 Å². The quantitative estimate of drug-likeness (QED) is 0.851. The van der Waals surface area contributed by atoms with E-state index < -0.39 is 0 Å². The van der Waals surface area contributed by atoms with Crippen LogP contribution in [0.1, 0.15) is 27.0 Å². The van der Waals surface area contributed by atoms with Crippen LogP contribution in [0.25, 0.3) is 0 Å². The Morgan fingerprint density at radius 3 is 2.71 bits per heavy atom. The summed E-state index contributed by atoms with van der Waals surface area (Å²) in [6.45, 7) is 2.25. The fourth-order valence-corrected chi connectivity index (χ4v) is 2.27. The van der Waals surface area contributed by atoms with Crippen LogP contribution in [0.5, 0.6) is 0 Å². The number of rotatable bonds is 4. The van der Waals surface area contributed by atoms with Gasteiger partial charge in [-0.05, 0) is 30.2 Å². The molecule has 0 aliphatic rings. The van der Waals surface area contributed by atoms with Crippen LogP contribution >= 0.6 is 23.8 Å². The van der Waals surface area contributed by atoms with Crippen molar-refractivity contribution in [1.29, 1.82) is 0 Å². The van der Waals surface area contributed by atoms with Crippen LogP contribution in [0.2, 0.25) is 5.02 Å². The molecule has 3 nitrogen and oxygen atoms in total. The lowest BCUT2D eigenvalue weighted by Gasteiger charge is -2.09. The minimum atomic E-state index is -0.204. The van der Waals surface area contributed by atoms with E-state index in [4.69, 9.17) is 29.6 Å². The normalized spacial score (nSPS) is 10.2. The van der Waals surface area contributed by atoms with Crippen LogP contribution in [0.4, 0.5) is 0 Å². The number of nitrogens with one attached hydrogen (secondary N) is 1. The van der Waals surface area contributed by atoms with E-state index in [0.29, 0.717) is 22.1 Å². The van der Waals surface area contributed by atoms with Crippen molar-refractivity contribution in [2.75, 3.05) is 0 Å². The molecule has 0 radical (unpaired) electrons. The van der Waals surface area contributed by atoms with Crippen molar-refractivity contribution in [2.24, 2.45) is 5.73 Å². The Kier molecular flexibility index (Phi) is 4.94. The van der Waals surface area contributed by atoms with E-state index in [1.165, 1.54) is 0 Å². The van der Waals surface area contributed by atoms with Gasteiger partial charge in [0.25, 0.3) is 5.91 Å². The maximum Gasteiger partial charge on any atom is 0.253 e. The number of thiocarbonyl (C=S) groups is 1. The molecule has 0 saturated heterocycles. The molecule has 0 aromatic heterocycles. The molecule has 0 fully saturated rings. The molecule has 0 bridgehead atoms. The number of nitrogens with two attached hydrogens (primary N) is 1. The molecular weight excluding hydrogens is 304 g/mol. The highest BCUT2D eigenvalue weighted by Crippen LogP contribution is 2.20. The fraction of sp³-hybridized carbons (Fsp3) is 0.125. The van der Waals surface area contributed by atoms with Crippen molar-refractivity contribution in [1.82, 2.24) is 5.32 Å². The zero-order valence-corrected chi connectivity index (χ0v) is 13.1. The van der Waals surface area contributed by atoms with Gasteiger partial charge < -0.3 is 11.1 Å². The molecule has 2 aromatic rings. The first-order valence-corrected chi connectivity index (χ1v) is 7.19. The Morgan fingerprint density at radius 1 is 1.29 bits per heavy atom. The summed E-state index contributed by atoms with van der Waals surface area (Å²) in [6, 6.07) is 12.8. The second-order valence-electron chi connectivity index (χ2n) is 4.68. The van der Waals surface area contributed by atoms with Crippen molar-refractivity contribution in [3.05, 3.63) is 69.7 Å². The molecule has 0 atom stereocenters. The first-order chi connectivity index (χ1) is 9.99. The first-order valence-electron chi connectivity index (χ1n) is 6.41. The Hall–Kier alpha value is -1.91. The SMILES string of the molecule is Cc1cccc(C(=O)NCc2cccc(C(N)=S)c2)c1Cl. The van der Waals surface area contributed by atoms with Crippen LogP contribution in [-0.2, 0) is 6.54 Å². The maximum atomic E-state index is 12.2. The maximum absolute atomic E-state index is 12.2. The third-order valence-corrected chi connectivity index (χ3v) is 3.84. The number of aryl methyl sites for hydroxylation is 1. The van der Waals surface area contributed by atoms with Gasteiger partial charge in [-0.1, -0.05) is 54.2 Å². The zero-order chi connectivity index (χ0) is 15.4. The largest absolute Gasteiger partial charge is 0.389 e. The molecule has 3 N–H and O–H groups in total. The highest BCUT2D eigenvalue weighted by Gasteiger charge is 2.11. The van der Waals surface area contributed by atoms with Crippen LogP contribution < -0.4 is 11.1 Å². The van der Waals surface area contributed by atoms with Gasteiger partial charge in [-0.15, -0.1) is 0 Å². The number of halogens is 1. The van der Waals surface area contributed by atoms with E-state index >= 15 is 0 Å². The molecule has 1 amide bonds. The number of hydrogen-bond acceptors (Lipinski definition) is 2. The van der Waals surface area contributed by atoms with Gasteiger partial charge in [-0.25, -0.2) is 0 Å². The van der Waals surface area contributed by atoms with Crippen molar-refractivity contribution < 1.29 is 4.79 Å². The lowest BCUT2D eigenvalue weighted by Crippen LogP contribution is -2.23. The predicted octanol–water partition coefficient (Wildman–Crippen LogP) is 3.21. The standard InChI is InChI=1S/C16H15ClN2OS/c1-10-4-2-7-13(14(10)17)16(20)19-9-11-5-3-6-12(8-11)15(18)21/h2-8H,9H2,1H3,(H2,18,21)(H,19,20). The predicted molar refractivity (Wildman–Crippen MR) is 89.7 cm³/mol. The molecule has 21 heavy (non-hydrogen) atoms. The van der Waals surface area contributed by atoms with Gasteiger partial charge in [-0.3, -0.25) is 4.79 Å². The van der Waals surface area contributed by atoms with Gasteiger partial charge in [0, 0.05) is 12.1 Å². The highest BCUT2D eigenvalue weighted by molar-refractivity contribution is 7.80. The number of carbonyl (C=O) groups is 1. The third kappa shape index (κ3) is 3.80. The summed E-state index contributed by atoms with van der Waals surface area (Å²) in [4.78, 5) is 12.5. The van der Waals surface area contributed by atoms with Crippen LogP contribution in [-0.4, -0.2) is 10.9 Å². The van der Waals surface area contributed by atoms with E-state index in [-0.39, 0.29) is 5.91 Å². The molecule has 5 heteroatoms. The first kappa shape index (κ1) is 15.5. The molecule has 0 aliphatic heterocycles. The third-order valence-electron chi connectivity index (χ3n) is 3.10. The van der Waals surface area contributed by atoms with Crippen LogP contribution in [0.3, 0.4) is 0 Å². The Morgan fingerprint density at radius 2 is 2.00 bits per heavy atom. The summed E-state index contributed by atoms with van der Waals surface area (Å²) >= 11 is 11.1. The number of benzene rings is 2.